The SMILES string of the molecule is OC12CNCC1C2. The number of hydrogen-bond donors (Lipinski definition) is 2. The Morgan fingerprint density at radius 3 is 2.71 bits per heavy atom. The first-order valence-electron chi connectivity index (χ1n) is 2.74. The van der Waals surface area contributed by atoms with Gasteiger partial charge in [-0.05, 0) is 6.42 Å². The van der Waals surface area contributed by atoms with Crippen LogP contribution in [0.2, 0.25) is 0 Å². The largest absolute Gasteiger partial charge is 0.388 e. The number of β-amino-alcohol motifs (C(OH)–C–C–N with tert-alkyl or cyclic N) is 1. The molecule has 2 rings (SSSR count). The molecule has 2 atom stereocenters. The summed E-state index contributed by atoms with van der Waals surface area (Å²) in [6.45, 7) is 1.87. The third-order valence-corrected chi connectivity index (χ3v) is 2.02. The Bertz CT molecular complexity index is 102. The summed E-state index contributed by atoms with van der Waals surface area (Å²) >= 11 is 0. The van der Waals surface area contributed by atoms with Crippen LogP contribution in [-0.4, -0.2) is 23.8 Å². The second-order valence-electron chi connectivity index (χ2n) is 2.64. The second-order valence-corrected chi connectivity index (χ2v) is 2.64. The summed E-state index contributed by atoms with van der Waals surface area (Å²) < 4.78 is 0. The quantitative estimate of drug-likeness (QED) is 0.422. The van der Waals surface area contributed by atoms with Crippen molar-refractivity contribution >= 4 is 0 Å². The average Bonchev–Trinajstić information content (AvgIpc) is 2.09. The van der Waals surface area contributed by atoms with Crippen molar-refractivity contribution in [1.29, 1.82) is 0 Å². The number of nitrogens with one attached hydrogen (secondary N) is 1. The topological polar surface area (TPSA) is 32.3 Å². The van der Waals surface area contributed by atoms with Gasteiger partial charge in [-0.1, -0.05) is 0 Å². The van der Waals surface area contributed by atoms with Crippen LogP contribution in [0.5, 0.6) is 0 Å². The normalized spacial score (nSPS) is 57.0. The number of fused-ring (bicyclic) bond motifs is 1. The van der Waals surface area contributed by atoms with Crippen LogP contribution >= 0.6 is 0 Å². The van der Waals surface area contributed by atoms with Gasteiger partial charge in [-0.25, -0.2) is 0 Å². The first-order chi connectivity index (χ1) is 3.31. The molecule has 2 nitrogen and oxygen atoms in total. The van der Waals surface area contributed by atoms with Crippen molar-refractivity contribution < 1.29 is 5.11 Å². The van der Waals surface area contributed by atoms with E-state index in [4.69, 9.17) is 0 Å². The minimum atomic E-state index is -0.250. The minimum absolute atomic E-state index is 0.250. The van der Waals surface area contributed by atoms with Crippen LogP contribution in [0.4, 0.5) is 0 Å². The summed E-state index contributed by atoms with van der Waals surface area (Å²) in [5.74, 6) is 0.604. The van der Waals surface area contributed by atoms with Crippen molar-refractivity contribution in [2.75, 3.05) is 13.1 Å². The average molecular weight is 99.1 g/mol. The van der Waals surface area contributed by atoms with E-state index in [1.54, 1.807) is 0 Å². The van der Waals surface area contributed by atoms with E-state index >= 15 is 0 Å². The Morgan fingerprint density at radius 2 is 2.57 bits per heavy atom. The molecule has 2 heteroatoms. The van der Waals surface area contributed by atoms with Crippen LogP contribution in [0.15, 0.2) is 0 Å². The van der Waals surface area contributed by atoms with Crippen molar-refractivity contribution in [3.63, 3.8) is 0 Å². The first kappa shape index (κ1) is 3.87. The fraction of sp³-hybridized carbons (Fsp3) is 1.00. The molecule has 7 heavy (non-hydrogen) atoms. The number of rotatable bonds is 0. The third kappa shape index (κ3) is 0.359. The zero-order valence-electron chi connectivity index (χ0n) is 4.15. The molecule has 2 fully saturated rings. The Hall–Kier alpha value is -0.0800. The van der Waals surface area contributed by atoms with Crippen LogP contribution in [0.3, 0.4) is 0 Å². The molecule has 1 saturated heterocycles. The molecule has 1 aliphatic heterocycles. The molecule has 40 valence electrons. The molecule has 0 aromatic rings. The highest BCUT2D eigenvalue weighted by Crippen LogP contribution is 2.45. The van der Waals surface area contributed by atoms with Gasteiger partial charge in [-0.15, -0.1) is 0 Å². The van der Waals surface area contributed by atoms with Gasteiger partial charge in [0.1, 0.15) is 0 Å². The van der Waals surface area contributed by atoms with Crippen molar-refractivity contribution in [3.05, 3.63) is 0 Å². The molecule has 1 saturated carbocycles. The molecule has 2 aliphatic rings. The molecule has 0 aromatic carbocycles. The Morgan fingerprint density at radius 1 is 1.71 bits per heavy atom. The van der Waals surface area contributed by atoms with Gasteiger partial charge in [-0.3, -0.25) is 0 Å². The minimum Gasteiger partial charge on any atom is -0.388 e. The van der Waals surface area contributed by atoms with Crippen LogP contribution in [0.25, 0.3) is 0 Å². The molecule has 0 aromatic heterocycles. The lowest BCUT2D eigenvalue weighted by molar-refractivity contribution is 0.155. The second kappa shape index (κ2) is 0.858. The first-order valence-corrected chi connectivity index (χ1v) is 2.74. The van der Waals surface area contributed by atoms with E-state index in [9.17, 15) is 5.11 Å². The number of hydrogen-bond acceptors (Lipinski definition) is 2. The number of aliphatic hydroxyl groups is 1. The van der Waals surface area contributed by atoms with Crippen molar-refractivity contribution in [2.45, 2.75) is 12.0 Å². The van der Waals surface area contributed by atoms with Gasteiger partial charge in [0.25, 0.3) is 0 Å². The lowest BCUT2D eigenvalue weighted by Gasteiger charge is -1.97. The van der Waals surface area contributed by atoms with Gasteiger partial charge in [0, 0.05) is 19.0 Å². The predicted octanol–water partition coefficient (Wildman–Crippen LogP) is -0.659. The van der Waals surface area contributed by atoms with Crippen molar-refractivity contribution in [2.24, 2.45) is 5.92 Å². The van der Waals surface area contributed by atoms with E-state index in [1.165, 1.54) is 0 Å². The highest BCUT2D eigenvalue weighted by molar-refractivity contribution is 5.10. The smallest absolute Gasteiger partial charge is 0.0816 e. The van der Waals surface area contributed by atoms with Gasteiger partial charge in [0.15, 0.2) is 0 Å². The van der Waals surface area contributed by atoms with Gasteiger partial charge in [-0.2, -0.15) is 0 Å². The van der Waals surface area contributed by atoms with Gasteiger partial charge < -0.3 is 10.4 Å². The van der Waals surface area contributed by atoms with E-state index < -0.39 is 0 Å². The molecule has 2 unspecified atom stereocenters. The van der Waals surface area contributed by atoms with Crippen molar-refractivity contribution in [3.8, 4) is 0 Å². The monoisotopic (exact) mass is 99.1 g/mol. The van der Waals surface area contributed by atoms with Crippen LogP contribution in [-0.2, 0) is 0 Å². The lowest BCUT2D eigenvalue weighted by Crippen LogP contribution is -2.19. The summed E-state index contributed by atoms with van der Waals surface area (Å²) in [6.07, 6.45) is 1.04. The molecule has 0 radical (unpaired) electrons. The zero-order valence-corrected chi connectivity index (χ0v) is 4.15. The molecule has 1 heterocycles. The molecule has 1 aliphatic carbocycles. The van der Waals surface area contributed by atoms with Crippen LogP contribution < -0.4 is 5.32 Å². The standard InChI is InChI=1S/C5H9NO/c7-5-1-4(5)2-6-3-5/h4,6-7H,1-3H2. The summed E-state index contributed by atoms with van der Waals surface area (Å²) in [5, 5.41) is 12.3. The molecule has 2 N–H and O–H groups in total. The van der Waals surface area contributed by atoms with Crippen LogP contribution in [0, 0.1) is 5.92 Å². The van der Waals surface area contributed by atoms with E-state index in [0.717, 1.165) is 19.5 Å². The summed E-state index contributed by atoms with van der Waals surface area (Å²) in [6, 6.07) is 0. The number of piperidine rings is 1. The zero-order chi connectivity index (χ0) is 4.91. The highest BCUT2D eigenvalue weighted by atomic mass is 16.3. The summed E-state index contributed by atoms with van der Waals surface area (Å²) in [7, 11) is 0. The Balaban J connectivity index is 2.17. The van der Waals surface area contributed by atoms with Gasteiger partial charge in [0.2, 0.25) is 0 Å². The summed E-state index contributed by atoms with van der Waals surface area (Å²) in [5.41, 5.74) is -0.250. The molecular weight excluding hydrogens is 90.1 g/mol. The maximum atomic E-state index is 9.21. The maximum absolute atomic E-state index is 9.21. The van der Waals surface area contributed by atoms with Gasteiger partial charge >= 0.3 is 0 Å². The lowest BCUT2D eigenvalue weighted by atomic mass is 10.3. The van der Waals surface area contributed by atoms with Gasteiger partial charge in [0.05, 0.1) is 5.60 Å². The van der Waals surface area contributed by atoms with E-state index in [-0.39, 0.29) is 5.60 Å². The summed E-state index contributed by atoms with van der Waals surface area (Å²) in [4.78, 5) is 0. The molecular formula is C5H9NO. The third-order valence-electron chi connectivity index (χ3n) is 2.02. The Kier molecular flexibility index (Phi) is 0.474. The maximum Gasteiger partial charge on any atom is 0.0816 e. The molecule has 0 bridgehead atoms. The van der Waals surface area contributed by atoms with E-state index in [0.29, 0.717) is 5.92 Å². The Labute approximate surface area is 42.5 Å². The van der Waals surface area contributed by atoms with E-state index in [2.05, 4.69) is 5.32 Å². The van der Waals surface area contributed by atoms with Crippen LogP contribution in [0.1, 0.15) is 6.42 Å². The molecule has 0 amide bonds. The van der Waals surface area contributed by atoms with E-state index in [1.807, 2.05) is 0 Å². The fourth-order valence-corrected chi connectivity index (χ4v) is 1.31. The molecule has 0 spiro atoms. The fourth-order valence-electron chi connectivity index (χ4n) is 1.31. The highest BCUT2D eigenvalue weighted by Gasteiger charge is 2.55. The predicted molar refractivity (Wildman–Crippen MR) is 25.9 cm³/mol. The van der Waals surface area contributed by atoms with Crippen molar-refractivity contribution in [1.82, 2.24) is 5.32 Å².